The van der Waals surface area contributed by atoms with Crippen molar-refractivity contribution in [2.45, 2.75) is 0 Å². The van der Waals surface area contributed by atoms with Gasteiger partial charge in [-0.05, 0) is 72.8 Å². The summed E-state index contributed by atoms with van der Waals surface area (Å²) in [5.74, 6) is 0. The SMILES string of the molecule is c1ccc2c(c1)c1ccccc1n2-c1cc(-n2c3ccccc3c3ccccc32)cc(-n2c3ccccc3c3c(-n4c5ccccc5c5ccccc54)cccc32)c1. The number of para-hydroxylation sites is 7. The number of nitrogens with zero attached hydrogens (tertiary/aromatic N) is 4. The summed E-state index contributed by atoms with van der Waals surface area (Å²) in [6.45, 7) is 0. The number of aromatic nitrogens is 4. The van der Waals surface area contributed by atoms with Crippen LogP contribution in [0.3, 0.4) is 0 Å². The molecule has 0 atom stereocenters. The number of rotatable bonds is 4. The van der Waals surface area contributed by atoms with Crippen LogP contribution in [0, 0.1) is 0 Å². The summed E-state index contributed by atoms with van der Waals surface area (Å²) in [7, 11) is 0. The second kappa shape index (κ2) is 11.8. The minimum absolute atomic E-state index is 1.10. The first-order chi connectivity index (χ1) is 28.8. The molecule has 4 aromatic heterocycles. The third kappa shape index (κ3) is 4.23. The predicted molar refractivity (Wildman–Crippen MR) is 244 cm³/mol. The van der Waals surface area contributed by atoms with E-state index in [0.29, 0.717) is 0 Å². The molecule has 4 heterocycles. The molecule has 0 N–H and O–H groups in total. The van der Waals surface area contributed by atoms with Crippen LogP contribution in [0.4, 0.5) is 0 Å². The minimum Gasteiger partial charge on any atom is -0.309 e. The molecule has 0 radical (unpaired) electrons. The largest absolute Gasteiger partial charge is 0.309 e. The summed E-state index contributed by atoms with van der Waals surface area (Å²) < 4.78 is 9.84. The van der Waals surface area contributed by atoms with Crippen LogP contribution in [0.25, 0.3) is 110 Å². The molecule has 4 nitrogen and oxygen atoms in total. The summed E-state index contributed by atoms with van der Waals surface area (Å²) >= 11 is 0. The second-order valence-corrected chi connectivity index (χ2v) is 15.3. The monoisotopic (exact) mass is 738 g/mol. The van der Waals surface area contributed by atoms with Crippen molar-refractivity contribution in [2.75, 3.05) is 0 Å². The standard InChI is InChI=1S/C54H34N4/c1-8-23-45-38(16-1)39-17-2-9-24-46(39)55(45)35-32-36(56-47-25-10-3-18-40(47)41-19-4-11-26-48(41)56)34-37(33-35)57-51-29-14-7-22-44(51)54-52(57)30-15-31-53(54)58-49-27-12-5-20-42(49)43-21-6-13-28-50(43)58/h1-34H. The van der Waals surface area contributed by atoms with E-state index in [4.69, 9.17) is 0 Å². The molecule has 0 aliphatic heterocycles. The van der Waals surface area contributed by atoms with Gasteiger partial charge in [-0.3, -0.25) is 0 Å². The van der Waals surface area contributed by atoms with E-state index in [9.17, 15) is 0 Å². The molecule has 0 bridgehead atoms. The Kier molecular flexibility index (Phi) is 6.41. The summed E-state index contributed by atoms with van der Waals surface area (Å²) in [5, 5.41) is 9.94. The molecule has 0 fully saturated rings. The molecule has 270 valence electrons. The fourth-order valence-corrected chi connectivity index (χ4v) is 10.0. The smallest absolute Gasteiger partial charge is 0.0562 e. The summed E-state index contributed by atoms with van der Waals surface area (Å²) in [4.78, 5) is 0. The predicted octanol–water partition coefficient (Wildman–Crippen LogP) is 14.1. The van der Waals surface area contributed by atoms with Crippen molar-refractivity contribution in [2.24, 2.45) is 0 Å². The third-order valence-electron chi connectivity index (χ3n) is 12.3. The topological polar surface area (TPSA) is 19.7 Å². The van der Waals surface area contributed by atoms with Gasteiger partial charge in [-0.1, -0.05) is 133 Å². The van der Waals surface area contributed by atoms with Gasteiger partial charge >= 0.3 is 0 Å². The van der Waals surface area contributed by atoms with Crippen molar-refractivity contribution in [1.29, 1.82) is 0 Å². The molecular weight excluding hydrogens is 705 g/mol. The van der Waals surface area contributed by atoms with Crippen LogP contribution in [-0.2, 0) is 0 Å². The molecular formula is C54H34N4. The first-order valence-corrected chi connectivity index (χ1v) is 20.0. The van der Waals surface area contributed by atoms with Gasteiger partial charge in [-0.2, -0.15) is 0 Å². The first kappa shape index (κ1) is 31.4. The molecule has 13 rings (SSSR count). The van der Waals surface area contributed by atoms with E-state index in [2.05, 4.69) is 225 Å². The highest BCUT2D eigenvalue weighted by atomic mass is 15.1. The van der Waals surface area contributed by atoms with E-state index in [1.807, 2.05) is 0 Å². The van der Waals surface area contributed by atoms with Gasteiger partial charge in [0, 0.05) is 43.1 Å². The van der Waals surface area contributed by atoms with Crippen LogP contribution >= 0.6 is 0 Å². The zero-order valence-corrected chi connectivity index (χ0v) is 31.4. The zero-order chi connectivity index (χ0) is 37.9. The van der Waals surface area contributed by atoms with Gasteiger partial charge in [0.05, 0.1) is 66.9 Å². The van der Waals surface area contributed by atoms with Crippen LogP contribution in [0.1, 0.15) is 0 Å². The highest BCUT2D eigenvalue weighted by molar-refractivity contribution is 6.17. The molecule has 0 unspecified atom stereocenters. The Labute approximate surface area is 333 Å². The Hall–Kier alpha value is -7.82. The molecule has 4 heteroatoms. The normalized spacial score (nSPS) is 12.1. The highest BCUT2D eigenvalue weighted by Gasteiger charge is 2.22. The Bertz CT molecular complexity index is 3520. The van der Waals surface area contributed by atoms with E-state index < -0.39 is 0 Å². The van der Waals surface area contributed by atoms with Crippen molar-refractivity contribution in [1.82, 2.24) is 18.3 Å². The molecule has 0 saturated carbocycles. The molecule has 0 aliphatic carbocycles. The van der Waals surface area contributed by atoms with Crippen molar-refractivity contribution >= 4 is 87.2 Å². The quantitative estimate of drug-likeness (QED) is 0.171. The van der Waals surface area contributed by atoms with E-state index in [1.165, 1.54) is 87.4 Å². The molecule has 0 spiro atoms. The number of fused-ring (bicyclic) bond motifs is 12. The molecule has 9 aromatic carbocycles. The molecule has 0 aliphatic rings. The van der Waals surface area contributed by atoms with Crippen molar-refractivity contribution in [3.05, 3.63) is 206 Å². The van der Waals surface area contributed by atoms with Gasteiger partial charge in [-0.25, -0.2) is 0 Å². The van der Waals surface area contributed by atoms with Gasteiger partial charge in [0.1, 0.15) is 0 Å². The maximum absolute atomic E-state index is 2.48. The van der Waals surface area contributed by atoms with Gasteiger partial charge in [0.15, 0.2) is 0 Å². The van der Waals surface area contributed by atoms with Gasteiger partial charge in [0.2, 0.25) is 0 Å². The minimum atomic E-state index is 1.10. The highest BCUT2D eigenvalue weighted by Crippen LogP contribution is 2.42. The third-order valence-corrected chi connectivity index (χ3v) is 12.3. The van der Waals surface area contributed by atoms with Crippen molar-refractivity contribution in [3.8, 4) is 22.7 Å². The summed E-state index contributed by atoms with van der Waals surface area (Å²) in [6.07, 6.45) is 0. The van der Waals surface area contributed by atoms with Crippen LogP contribution in [0.15, 0.2) is 206 Å². The maximum atomic E-state index is 2.48. The average molecular weight is 739 g/mol. The van der Waals surface area contributed by atoms with Gasteiger partial charge in [0.25, 0.3) is 0 Å². The van der Waals surface area contributed by atoms with Gasteiger partial charge in [-0.15, -0.1) is 0 Å². The van der Waals surface area contributed by atoms with Crippen molar-refractivity contribution in [3.63, 3.8) is 0 Å². The Morgan fingerprint density at radius 1 is 0.207 bits per heavy atom. The molecule has 13 aromatic rings. The van der Waals surface area contributed by atoms with Crippen LogP contribution in [0.5, 0.6) is 0 Å². The van der Waals surface area contributed by atoms with E-state index >= 15 is 0 Å². The Morgan fingerprint density at radius 3 is 0.828 bits per heavy atom. The van der Waals surface area contributed by atoms with Crippen LogP contribution in [0.2, 0.25) is 0 Å². The summed E-state index contributed by atoms with van der Waals surface area (Å²) in [6, 6.07) is 75.6. The fourth-order valence-electron chi connectivity index (χ4n) is 10.0. The molecule has 0 amide bonds. The van der Waals surface area contributed by atoms with Crippen LogP contribution < -0.4 is 0 Å². The van der Waals surface area contributed by atoms with E-state index in [-0.39, 0.29) is 0 Å². The van der Waals surface area contributed by atoms with Crippen molar-refractivity contribution < 1.29 is 0 Å². The molecule has 0 saturated heterocycles. The lowest BCUT2D eigenvalue weighted by Crippen LogP contribution is -2.03. The lowest BCUT2D eigenvalue weighted by atomic mass is 10.1. The number of hydrogen-bond donors (Lipinski definition) is 0. The lowest BCUT2D eigenvalue weighted by Gasteiger charge is -2.17. The molecule has 58 heavy (non-hydrogen) atoms. The zero-order valence-electron chi connectivity index (χ0n) is 31.4. The summed E-state index contributed by atoms with van der Waals surface area (Å²) in [5.41, 5.74) is 14.0. The average Bonchev–Trinajstić information content (AvgIpc) is 4.01. The van der Waals surface area contributed by atoms with Gasteiger partial charge < -0.3 is 18.3 Å². The van der Waals surface area contributed by atoms with E-state index in [0.717, 1.165) is 22.6 Å². The Balaban J connectivity index is 1.18. The second-order valence-electron chi connectivity index (χ2n) is 15.3. The van der Waals surface area contributed by atoms with E-state index in [1.54, 1.807) is 0 Å². The lowest BCUT2D eigenvalue weighted by molar-refractivity contribution is 1.10. The fraction of sp³-hybridized carbons (Fsp3) is 0. The number of benzene rings is 9. The number of hydrogen-bond acceptors (Lipinski definition) is 0. The first-order valence-electron chi connectivity index (χ1n) is 20.0. The van der Waals surface area contributed by atoms with Crippen LogP contribution in [-0.4, -0.2) is 18.3 Å². The maximum Gasteiger partial charge on any atom is 0.0562 e. The Morgan fingerprint density at radius 2 is 0.466 bits per heavy atom.